The first kappa shape index (κ1) is 32.3. The number of hydrogen-bond acceptors (Lipinski definition) is 5. The average molecular weight is 553 g/mol. The van der Waals surface area contributed by atoms with Gasteiger partial charge in [0.05, 0.1) is 0 Å². The maximum atomic E-state index is 14.2. The molecule has 0 radical (unpaired) electrons. The van der Waals surface area contributed by atoms with Crippen molar-refractivity contribution in [3.8, 4) is 0 Å². The average Bonchev–Trinajstić information content (AvgIpc) is 2.83. The van der Waals surface area contributed by atoms with E-state index in [9.17, 15) is 19.2 Å². The summed E-state index contributed by atoms with van der Waals surface area (Å²) >= 11 is 0. The first-order valence-electron chi connectivity index (χ1n) is 13.7. The summed E-state index contributed by atoms with van der Waals surface area (Å²) < 4.78 is 5.38. The van der Waals surface area contributed by atoms with Gasteiger partial charge in [-0.15, -0.1) is 0 Å². The number of alkyl carbamates (subject to hydrolysis) is 1. The molecule has 9 nitrogen and oxygen atoms in total. The Hall–Kier alpha value is -3.88. The zero-order chi connectivity index (χ0) is 30.2. The van der Waals surface area contributed by atoms with Crippen LogP contribution in [0.25, 0.3) is 0 Å². The van der Waals surface area contributed by atoms with Gasteiger partial charge in [-0.1, -0.05) is 48.9 Å². The quantitative estimate of drug-likeness (QED) is 0.361. The fraction of sp³-hybridized carbons (Fsp3) is 0.484. The molecule has 0 spiro atoms. The Kier molecular flexibility index (Phi) is 11.3. The zero-order valence-electron chi connectivity index (χ0n) is 25.0. The van der Waals surface area contributed by atoms with Gasteiger partial charge in [0, 0.05) is 18.7 Å². The molecule has 9 heteroatoms. The Morgan fingerprint density at radius 2 is 1.60 bits per heavy atom. The molecule has 0 aromatic heterocycles. The van der Waals surface area contributed by atoms with Crippen LogP contribution in [0.15, 0.2) is 36.4 Å². The highest BCUT2D eigenvalue weighted by molar-refractivity contribution is 6.00. The fourth-order valence-electron chi connectivity index (χ4n) is 4.59. The van der Waals surface area contributed by atoms with Crippen molar-refractivity contribution in [3.05, 3.63) is 64.2 Å². The Morgan fingerprint density at radius 3 is 2.12 bits per heavy atom. The van der Waals surface area contributed by atoms with E-state index >= 15 is 0 Å². The summed E-state index contributed by atoms with van der Waals surface area (Å²) in [6.07, 6.45) is -0.408. The lowest BCUT2D eigenvalue weighted by atomic mass is 9.95. The molecule has 40 heavy (non-hydrogen) atoms. The van der Waals surface area contributed by atoms with Crippen molar-refractivity contribution in [2.75, 3.05) is 11.9 Å². The van der Waals surface area contributed by atoms with Gasteiger partial charge < -0.3 is 26.0 Å². The van der Waals surface area contributed by atoms with E-state index in [2.05, 4.69) is 10.6 Å². The van der Waals surface area contributed by atoms with Gasteiger partial charge in [-0.3, -0.25) is 14.4 Å². The number of nitrogens with one attached hydrogen (secondary N) is 2. The molecule has 2 aromatic rings. The van der Waals surface area contributed by atoms with Crippen molar-refractivity contribution >= 4 is 29.5 Å². The molecule has 0 heterocycles. The number of ether oxygens (including phenoxy) is 1. The predicted octanol–water partition coefficient (Wildman–Crippen LogP) is 5.00. The van der Waals surface area contributed by atoms with Crippen LogP contribution in [0.2, 0.25) is 0 Å². The Labute approximate surface area is 237 Å². The van der Waals surface area contributed by atoms with E-state index in [4.69, 9.17) is 10.5 Å². The molecule has 0 bridgehead atoms. The van der Waals surface area contributed by atoms with E-state index in [1.165, 1.54) is 4.90 Å². The molecule has 0 fully saturated rings. The minimum atomic E-state index is -1.13. The highest BCUT2D eigenvalue weighted by Gasteiger charge is 2.37. The Balaban J connectivity index is 2.59. The number of hydrogen-bond donors (Lipinski definition) is 3. The van der Waals surface area contributed by atoms with E-state index in [1.54, 1.807) is 20.8 Å². The van der Waals surface area contributed by atoms with Crippen molar-refractivity contribution in [2.45, 2.75) is 92.3 Å². The topological polar surface area (TPSA) is 131 Å². The number of aryl methyl sites for hydroxylation is 4. The number of nitrogens with two attached hydrogens (primary N) is 1. The van der Waals surface area contributed by atoms with Crippen molar-refractivity contribution in [1.29, 1.82) is 0 Å². The third-order valence-electron chi connectivity index (χ3n) is 6.43. The van der Waals surface area contributed by atoms with Crippen LogP contribution in [0.1, 0.15) is 80.8 Å². The van der Waals surface area contributed by atoms with Gasteiger partial charge in [0.2, 0.25) is 11.8 Å². The van der Waals surface area contributed by atoms with Crippen LogP contribution in [0, 0.1) is 27.7 Å². The van der Waals surface area contributed by atoms with Gasteiger partial charge >= 0.3 is 6.09 Å². The Bertz CT molecular complexity index is 1210. The second-order valence-electron chi connectivity index (χ2n) is 11.3. The van der Waals surface area contributed by atoms with Gasteiger partial charge in [0.25, 0.3) is 5.91 Å². The first-order valence-corrected chi connectivity index (χ1v) is 13.7. The second kappa shape index (κ2) is 14.0. The lowest BCUT2D eigenvalue weighted by Gasteiger charge is -2.35. The molecule has 4 amide bonds. The van der Waals surface area contributed by atoms with Crippen LogP contribution in [0.5, 0.6) is 0 Å². The highest BCUT2D eigenvalue weighted by atomic mass is 16.6. The Morgan fingerprint density at radius 1 is 0.975 bits per heavy atom. The number of carbonyl (C=O) groups is 4. The summed E-state index contributed by atoms with van der Waals surface area (Å²) in [4.78, 5) is 54.0. The SMILES string of the molecule is CCCN(C(=O)C(CCC(N)=O)NC(=O)OC(C)(C)C)C(C(=O)Nc1c(C)cccc1C)c1ccc(C)cc1C. The van der Waals surface area contributed by atoms with Gasteiger partial charge in [0.15, 0.2) is 0 Å². The number of nitrogens with zero attached hydrogens (tertiary/aromatic N) is 1. The van der Waals surface area contributed by atoms with E-state index < -0.39 is 35.6 Å². The van der Waals surface area contributed by atoms with Gasteiger partial charge in [-0.05, 0) is 83.6 Å². The monoisotopic (exact) mass is 552 g/mol. The summed E-state index contributed by atoms with van der Waals surface area (Å²) in [5.41, 5.74) is 9.61. The molecule has 0 aliphatic rings. The van der Waals surface area contributed by atoms with Crippen LogP contribution in [0.3, 0.4) is 0 Å². The first-order chi connectivity index (χ1) is 18.6. The van der Waals surface area contributed by atoms with E-state index in [-0.39, 0.29) is 25.3 Å². The third-order valence-corrected chi connectivity index (χ3v) is 6.43. The molecule has 0 saturated heterocycles. The molecule has 2 unspecified atom stereocenters. The minimum Gasteiger partial charge on any atom is -0.444 e. The number of carbonyl (C=O) groups excluding carboxylic acids is 4. The van der Waals surface area contributed by atoms with Crippen LogP contribution in [-0.4, -0.2) is 46.9 Å². The van der Waals surface area contributed by atoms with E-state index in [0.29, 0.717) is 17.7 Å². The number of primary amides is 1. The van der Waals surface area contributed by atoms with Crippen molar-refractivity contribution in [3.63, 3.8) is 0 Å². The van der Waals surface area contributed by atoms with Gasteiger partial charge in [-0.25, -0.2) is 4.79 Å². The normalized spacial score (nSPS) is 12.7. The lowest BCUT2D eigenvalue weighted by molar-refractivity contribution is -0.141. The molecule has 2 aromatic carbocycles. The predicted molar refractivity (Wildman–Crippen MR) is 157 cm³/mol. The number of rotatable bonds is 11. The maximum absolute atomic E-state index is 14.2. The smallest absolute Gasteiger partial charge is 0.408 e. The minimum absolute atomic E-state index is 0.0360. The second-order valence-corrected chi connectivity index (χ2v) is 11.3. The molecular formula is C31H44N4O5. The van der Waals surface area contributed by atoms with Gasteiger partial charge in [-0.2, -0.15) is 0 Å². The van der Waals surface area contributed by atoms with Crippen molar-refractivity contribution in [2.24, 2.45) is 5.73 Å². The van der Waals surface area contributed by atoms with Crippen LogP contribution in [0.4, 0.5) is 10.5 Å². The van der Waals surface area contributed by atoms with E-state index in [0.717, 1.165) is 22.3 Å². The van der Waals surface area contributed by atoms with Gasteiger partial charge in [0.1, 0.15) is 17.7 Å². The zero-order valence-corrected chi connectivity index (χ0v) is 25.0. The van der Waals surface area contributed by atoms with E-state index in [1.807, 2.05) is 71.0 Å². The third kappa shape index (κ3) is 9.10. The van der Waals surface area contributed by atoms with Crippen LogP contribution >= 0.6 is 0 Å². The summed E-state index contributed by atoms with van der Waals surface area (Å²) in [5, 5.41) is 5.67. The number of para-hydroxylation sites is 1. The molecule has 0 aliphatic carbocycles. The molecule has 2 atom stereocenters. The molecular weight excluding hydrogens is 508 g/mol. The summed E-state index contributed by atoms with van der Waals surface area (Å²) in [6, 6.07) is 9.34. The standard InChI is InChI=1S/C31H44N4O5/c1-9-17-35(29(38)24(15-16-25(32)36)33-30(39)40-31(6,7)8)27(23-14-13-19(2)18-22(23)5)28(37)34-26-20(3)11-10-12-21(26)4/h10-14,18,24,27H,9,15-17H2,1-8H3,(H2,32,36)(H,33,39)(H,34,37). The highest BCUT2D eigenvalue weighted by Crippen LogP contribution is 2.30. The molecule has 0 saturated carbocycles. The fourth-order valence-corrected chi connectivity index (χ4v) is 4.59. The summed E-state index contributed by atoms with van der Waals surface area (Å²) in [7, 11) is 0. The number of amides is 4. The molecule has 4 N–H and O–H groups in total. The number of benzene rings is 2. The number of anilines is 1. The lowest BCUT2D eigenvalue weighted by Crippen LogP contribution is -2.53. The largest absolute Gasteiger partial charge is 0.444 e. The molecule has 2 rings (SSSR count). The van der Waals surface area contributed by atoms with Crippen LogP contribution < -0.4 is 16.4 Å². The van der Waals surface area contributed by atoms with Crippen LogP contribution in [-0.2, 0) is 19.1 Å². The maximum Gasteiger partial charge on any atom is 0.408 e. The summed E-state index contributed by atoms with van der Waals surface area (Å²) in [5.74, 6) is -1.49. The summed E-state index contributed by atoms with van der Waals surface area (Å²) in [6.45, 7) is 15.0. The van der Waals surface area contributed by atoms with Crippen molar-refractivity contribution < 1.29 is 23.9 Å². The molecule has 0 aliphatic heterocycles. The van der Waals surface area contributed by atoms with Crippen molar-refractivity contribution in [1.82, 2.24) is 10.2 Å². The molecule has 218 valence electrons.